The molecule has 3 heteroatoms. The molecule has 15 heavy (non-hydrogen) atoms. The zero-order chi connectivity index (χ0) is 11.3. The molecule has 1 saturated carbocycles. The Labute approximate surface area is 92.8 Å². The van der Waals surface area contributed by atoms with Gasteiger partial charge in [0.2, 0.25) is 5.91 Å². The average molecular weight is 212 g/mol. The summed E-state index contributed by atoms with van der Waals surface area (Å²) in [7, 11) is 0. The Bertz CT molecular complexity index is 212. The lowest BCUT2D eigenvalue weighted by molar-refractivity contribution is -0.122. The Balaban J connectivity index is 2.17. The van der Waals surface area contributed by atoms with Crippen molar-refractivity contribution in [3.63, 3.8) is 0 Å². The molecule has 0 aliphatic heterocycles. The van der Waals surface area contributed by atoms with Gasteiger partial charge in [-0.15, -0.1) is 0 Å². The number of nitrogens with two attached hydrogens (primary N) is 1. The number of hydrogen-bond acceptors (Lipinski definition) is 2. The van der Waals surface area contributed by atoms with E-state index in [4.69, 9.17) is 5.73 Å². The first-order valence-corrected chi connectivity index (χ1v) is 6.17. The van der Waals surface area contributed by atoms with Gasteiger partial charge in [-0.1, -0.05) is 26.7 Å². The quantitative estimate of drug-likeness (QED) is 0.676. The number of carbonyl (C=O) groups excluding carboxylic acids is 1. The molecule has 1 rings (SSSR count). The van der Waals surface area contributed by atoms with Gasteiger partial charge in [0, 0.05) is 6.54 Å². The maximum Gasteiger partial charge on any atom is 0.236 e. The molecule has 0 aromatic rings. The molecule has 1 fully saturated rings. The molecule has 0 bridgehead atoms. The monoisotopic (exact) mass is 212 g/mol. The van der Waals surface area contributed by atoms with Crippen molar-refractivity contribution in [3.8, 4) is 0 Å². The zero-order valence-corrected chi connectivity index (χ0v) is 10.0. The molecular weight excluding hydrogens is 188 g/mol. The van der Waals surface area contributed by atoms with Crippen LogP contribution in [0.2, 0.25) is 0 Å². The second-order valence-corrected chi connectivity index (χ2v) is 4.82. The van der Waals surface area contributed by atoms with Crippen LogP contribution in [0.3, 0.4) is 0 Å². The zero-order valence-electron chi connectivity index (χ0n) is 10.0. The van der Waals surface area contributed by atoms with Crippen LogP contribution in [0.5, 0.6) is 0 Å². The minimum Gasteiger partial charge on any atom is -0.354 e. The van der Waals surface area contributed by atoms with Gasteiger partial charge in [-0.05, 0) is 31.1 Å². The molecule has 1 amide bonds. The first-order chi connectivity index (χ1) is 7.13. The molecule has 0 spiro atoms. The van der Waals surface area contributed by atoms with Crippen LogP contribution in [-0.4, -0.2) is 18.5 Å². The van der Waals surface area contributed by atoms with Crippen LogP contribution < -0.4 is 11.1 Å². The summed E-state index contributed by atoms with van der Waals surface area (Å²) in [5.74, 6) is 0.0307. The van der Waals surface area contributed by atoms with Crippen molar-refractivity contribution in [1.82, 2.24) is 5.32 Å². The standard InChI is InChI=1S/C12H24N2O/c1-3-5-6-10(13)11(15)14-9-12(4-2)7-8-12/h10H,3-9,13H2,1-2H3,(H,14,15)/t10-/m0/s1. The van der Waals surface area contributed by atoms with Crippen molar-refractivity contribution >= 4 is 5.91 Å². The summed E-state index contributed by atoms with van der Waals surface area (Å²) in [6.45, 7) is 5.12. The molecule has 0 heterocycles. The highest BCUT2D eigenvalue weighted by Crippen LogP contribution is 2.47. The third kappa shape index (κ3) is 3.82. The highest BCUT2D eigenvalue weighted by Gasteiger charge is 2.40. The van der Waals surface area contributed by atoms with Gasteiger partial charge < -0.3 is 11.1 Å². The van der Waals surface area contributed by atoms with E-state index in [-0.39, 0.29) is 11.9 Å². The van der Waals surface area contributed by atoms with Gasteiger partial charge in [0.1, 0.15) is 0 Å². The molecule has 0 aromatic heterocycles. The summed E-state index contributed by atoms with van der Waals surface area (Å²) in [5.41, 5.74) is 6.20. The van der Waals surface area contributed by atoms with E-state index in [1.807, 2.05) is 0 Å². The smallest absolute Gasteiger partial charge is 0.236 e. The minimum atomic E-state index is -0.308. The summed E-state index contributed by atoms with van der Waals surface area (Å²) in [5, 5.41) is 2.98. The molecule has 3 nitrogen and oxygen atoms in total. The topological polar surface area (TPSA) is 55.1 Å². The number of amides is 1. The Hall–Kier alpha value is -0.570. The van der Waals surface area contributed by atoms with Crippen LogP contribution in [-0.2, 0) is 4.79 Å². The molecular formula is C12H24N2O. The predicted molar refractivity (Wildman–Crippen MR) is 62.5 cm³/mol. The molecule has 0 radical (unpaired) electrons. The Morgan fingerprint density at radius 3 is 2.60 bits per heavy atom. The van der Waals surface area contributed by atoms with E-state index < -0.39 is 0 Å². The molecule has 88 valence electrons. The SMILES string of the molecule is CCCC[C@H](N)C(=O)NCC1(CC)CC1. The van der Waals surface area contributed by atoms with Crippen molar-refractivity contribution < 1.29 is 4.79 Å². The predicted octanol–water partition coefficient (Wildman–Crippen LogP) is 1.81. The fourth-order valence-corrected chi connectivity index (χ4v) is 1.79. The third-order valence-corrected chi connectivity index (χ3v) is 3.55. The molecule has 0 saturated heterocycles. The lowest BCUT2D eigenvalue weighted by Crippen LogP contribution is -2.42. The molecule has 1 atom stereocenters. The molecule has 1 aliphatic rings. The number of unbranched alkanes of at least 4 members (excludes halogenated alkanes) is 1. The number of hydrogen-bond donors (Lipinski definition) is 2. The van der Waals surface area contributed by atoms with E-state index in [2.05, 4.69) is 19.2 Å². The van der Waals surface area contributed by atoms with Crippen molar-refractivity contribution in [2.24, 2.45) is 11.1 Å². The molecule has 3 N–H and O–H groups in total. The van der Waals surface area contributed by atoms with E-state index in [0.717, 1.165) is 32.2 Å². The van der Waals surface area contributed by atoms with Gasteiger partial charge >= 0.3 is 0 Å². The van der Waals surface area contributed by atoms with Crippen LogP contribution in [0.1, 0.15) is 52.4 Å². The van der Waals surface area contributed by atoms with Gasteiger partial charge in [-0.3, -0.25) is 4.79 Å². The third-order valence-electron chi connectivity index (χ3n) is 3.55. The van der Waals surface area contributed by atoms with Crippen LogP contribution in [0.15, 0.2) is 0 Å². The van der Waals surface area contributed by atoms with Crippen LogP contribution >= 0.6 is 0 Å². The summed E-state index contributed by atoms with van der Waals surface area (Å²) in [4.78, 5) is 11.6. The Morgan fingerprint density at radius 2 is 2.13 bits per heavy atom. The van der Waals surface area contributed by atoms with Crippen LogP contribution in [0.25, 0.3) is 0 Å². The highest BCUT2D eigenvalue weighted by molar-refractivity contribution is 5.81. The number of rotatable bonds is 7. The van der Waals surface area contributed by atoms with Crippen molar-refractivity contribution in [1.29, 1.82) is 0 Å². The summed E-state index contributed by atoms with van der Waals surface area (Å²) in [6.07, 6.45) is 6.62. The lowest BCUT2D eigenvalue weighted by atomic mass is 10.0. The largest absolute Gasteiger partial charge is 0.354 e. The fraction of sp³-hybridized carbons (Fsp3) is 0.917. The maximum absolute atomic E-state index is 11.6. The van der Waals surface area contributed by atoms with E-state index in [9.17, 15) is 4.79 Å². The average Bonchev–Trinajstić information content (AvgIpc) is 3.03. The van der Waals surface area contributed by atoms with Gasteiger partial charge in [0.05, 0.1) is 6.04 Å². The van der Waals surface area contributed by atoms with Crippen LogP contribution in [0.4, 0.5) is 0 Å². The van der Waals surface area contributed by atoms with Crippen molar-refractivity contribution in [2.45, 2.75) is 58.4 Å². The number of nitrogens with one attached hydrogen (secondary N) is 1. The molecule has 1 aliphatic carbocycles. The Kier molecular flexibility index (Phi) is 4.58. The minimum absolute atomic E-state index is 0.0307. The second kappa shape index (κ2) is 5.50. The summed E-state index contributed by atoms with van der Waals surface area (Å²) >= 11 is 0. The maximum atomic E-state index is 11.6. The first-order valence-electron chi connectivity index (χ1n) is 6.17. The van der Waals surface area contributed by atoms with Gasteiger partial charge in [0.25, 0.3) is 0 Å². The van der Waals surface area contributed by atoms with Gasteiger partial charge in [0.15, 0.2) is 0 Å². The van der Waals surface area contributed by atoms with Crippen LogP contribution in [0, 0.1) is 5.41 Å². The van der Waals surface area contributed by atoms with E-state index in [0.29, 0.717) is 5.41 Å². The van der Waals surface area contributed by atoms with E-state index in [1.54, 1.807) is 0 Å². The number of carbonyl (C=O) groups is 1. The van der Waals surface area contributed by atoms with Gasteiger partial charge in [-0.25, -0.2) is 0 Å². The molecule has 0 unspecified atom stereocenters. The first kappa shape index (κ1) is 12.5. The second-order valence-electron chi connectivity index (χ2n) is 4.82. The van der Waals surface area contributed by atoms with E-state index in [1.165, 1.54) is 12.8 Å². The normalized spacial score (nSPS) is 19.7. The summed E-state index contributed by atoms with van der Waals surface area (Å²) in [6, 6.07) is -0.308. The summed E-state index contributed by atoms with van der Waals surface area (Å²) < 4.78 is 0. The lowest BCUT2D eigenvalue weighted by Gasteiger charge is -2.16. The van der Waals surface area contributed by atoms with Gasteiger partial charge in [-0.2, -0.15) is 0 Å². The Morgan fingerprint density at radius 1 is 1.47 bits per heavy atom. The van der Waals surface area contributed by atoms with Crippen molar-refractivity contribution in [2.75, 3.05) is 6.54 Å². The fourth-order valence-electron chi connectivity index (χ4n) is 1.79. The van der Waals surface area contributed by atoms with E-state index >= 15 is 0 Å². The van der Waals surface area contributed by atoms with Crippen molar-refractivity contribution in [3.05, 3.63) is 0 Å². The highest BCUT2D eigenvalue weighted by atomic mass is 16.2. The molecule has 0 aromatic carbocycles.